The molecule has 0 rings (SSSR count). The third-order valence-corrected chi connectivity index (χ3v) is 11.4. The molecule has 3 N–H and O–H groups in total. The van der Waals surface area contributed by atoms with Gasteiger partial charge in [-0.25, -0.2) is 0 Å². The fourth-order valence-electron chi connectivity index (χ4n) is 7.40. The molecule has 0 saturated heterocycles. The Balaban J connectivity index is 4.81. The van der Waals surface area contributed by atoms with Gasteiger partial charge in [-0.2, -0.15) is 0 Å². The average molecular weight is 914 g/mol. The predicted octanol–water partition coefficient (Wildman–Crippen LogP) is 16.5. The Kier molecular flexibility index (Phi) is 49.3. The van der Waals surface area contributed by atoms with E-state index in [1.54, 1.807) is 0 Å². The van der Waals surface area contributed by atoms with Crippen molar-refractivity contribution >= 4 is 11.9 Å². The lowest BCUT2D eigenvalue weighted by molar-refractivity contribution is -0.151. The average Bonchev–Trinajstić information content (AvgIpc) is 3.31. The molecule has 0 aliphatic heterocycles. The molecular formula is C60H99NO5. The minimum Gasteiger partial charge on any atom is -0.462 e. The van der Waals surface area contributed by atoms with Gasteiger partial charge in [-0.05, 0) is 77.0 Å². The molecule has 0 spiro atoms. The summed E-state index contributed by atoms with van der Waals surface area (Å²) in [5.41, 5.74) is 0. The fraction of sp³-hybridized carbons (Fsp3) is 0.633. The van der Waals surface area contributed by atoms with Crippen molar-refractivity contribution in [3.8, 4) is 0 Å². The molecular weight excluding hydrogens is 815 g/mol. The molecule has 0 bridgehead atoms. The van der Waals surface area contributed by atoms with Crippen LogP contribution in [0.15, 0.2) is 122 Å². The van der Waals surface area contributed by atoms with Crippen LogP contribution in [-0.2, 0) is 14.3 Å². The minimum atomic E-state index is -0.825. The van der Waals surface area contributed by atoms with Crippen LogP contribution in [0, 0.1) is 0 Å². The van der Waals surface area contributed by atoms with Crippen molar-refractivity contribution in [2.45, 2.75) is 238 Å². The van der Waals surface area contributed by atoms with E-state index in [-0.39, 0.29) is 31.3 Å². The third-order valence-electron chi connectivity index (χ3n) is 11.4. The quantitative estimate of drug-likeness (QED) is 0.0245. The molecule has 6 heteroatoms. The van der Waals surface area contributed by atoms with E-state index in [1.807, 2.05) is 60.8 Å². The van der Waals surface area contributed by atoms with Crippen LogP contribution in [0.5, 0.6) is 0 Å². The zero-order chi connectivity index (χ0) is 48.1. The number of nitrogens with one attached hydrogen (secondary N) is 1. The van der Waals surface area contributed by atoms with Crippen LogP contribution >= 0.6 is 0 Å². The Morgan fingerprint density at radius 1 is 0.470 bits per heavy atom. The first kappa shape index (κ1) is 62.3. The second kappa shape index (κ2) is 52.2. The number of carbonyl (C=O) groups is 2. The molecule has 0 aliphatic carbocycles. The summed E-state index contributed by atoms with van der Waals surface area (Å²) in [5, 5.41) is 23.8. The molecule has 0 saturated carbocycles. The monoisotopic (exact) mass is 914 g/mol. The van der Waals surface area contributed by atoms with Gasteiger partial charge in [0.05, 0.1) is 25.2 Å². The third kappa shape index (κ3) is 46.8. The van der Waals surface area contributed by atoms with Crippen LogP contribution in [-0.4, -0.2) is 46.9 Å². The van der Waals surface area contributed by atoms with E-state index in [4.69, 9.17) is 4.74 Å². The predicted molar refractivity (Wildman–Crippen MR) is 286 cm³/mol. The van der Waals surface area contributed by atoms with Crippen molar-refractivity contribution < 1.29 is 24.5 Å². The van der Waals surface area contributed by atoms with Gasteiger partial charge in [0.15, 0.2) is 0 Å². The second-order valence-corrected chi connectivity index (χ2v) is 17.7. The molecule has 0 aromatic heterocycles. The van der Waals surface area contributed by atoms with E-state index in [9.17, 15) is 19.8 Å². The summed E-state index contributed by atoms with van der Waals surface area (Å²) in [6, 6.07) is -0.746. The Morgan fingerprint density at radius 3 is 1.39 bits per heavy atom. The first-order valence-corrected chi connectivity index (χ1v) is 26.8. The van der Waals surface area contributed by atoms with Crippen LogP contribution in [0.1, 0.15) is 220 Å². The lowest BCUT2D eigenvalue weighted by atomic mass is 10.0. The molecule has 0 radical (unpaired) electrons. The Labute approximate surface area is 406 Å². The van der Waals surface area contributed by atoms with Crippen LogP contribution in [0.4, 0.5) is 0 Å². The fourth-order valence-corrected chi connectivity index (χ4v) is 7.40. The number of carbonyl (C=O) groups excluding carboxylic acids is 2. The lowest BCUT2D eigenvalue weighted by Crippen LogP contribution is -2.46. The molecule has 0 aromatic carbocycles. The van der Waals surface area contributed by atoms with Crippen LogP contribution in [0.2, 0.25) is 0 Å². The molecule has 374 valence electrons. The van der Waals surface area contributed by atoms with E-state index in [0.29, 0.717) is 19.3 Å². The lowest BCUT2D eigenvalue weighted by Gasteiger charge is -2.24. The number of esters is 1. The van der Waals surface area contributed by atoms with E-state index in [0.717, 1.165) is 64.2 Å². The highest BCUT2D eigenvalue weighted by molar-refractivity contribution is 5.77. The van der Waals surface area contributed by atoms with Gasteiger partial charge in [0.2, 0.25) is 5.91 Å². The Hall–Kier alpha value is -3.74. The molecule has 0 aromatic rings. The van der Waals surface area contributed by atoms with Crippen molar-refractivity contribution in [1.29, 1.82) is 0 Å². The first-order valence-electron chi connectivity index (χ1n) is 26.8. The van der Waals surface area contributed by atoms with E-state index >= 15 is 0 Å². The van der Waals surface area contributed by atoms with Crippen LogP contribution < -0.4 is 5.32 Å². The first-order chi connectivity index (χ1) is 32.5. The molecule has 66 heavy (non-hydrogen) atoms. The van der Waals surface area contributed by atoms with Crippen molar-refractivity contribution in [1.82, 2.24) is 5.32 Å². The van der Waals surface area contributed by atoms with Crippen LogP contribution in [0.25, 0.3) is 0 Å². The normalized spacial score (nSPS) is 14.2. The van der Waals surface area contributed by atoms with E-state index in [1.165, 1.54) is 103 Å². The van der Waals surface area contributed by atoms with Gasteiger partial charge < -0.3 is 20.3 Å². The van der Waals surface area contributed by atoms with Gasteiger partial charge in [0.25, 0.3) is 0 Å². The second-order valence-electron chi connectivity index (χ2n) is 17.7. The maximum absolute atomic E-state index is 13.2. The molecule has 6 nitrogen and oxygen atoms in total. The topological polar surface area (TPSA) is 95.9 Å². The molecule has 3 unspecified atom stereocenters. The van der Waals surface area contributed by atoms with Crippen molar-refractivity contribution in [2.75, 3.05) is 6.61 Å². The number of rotatable bonds is 46. The van der Waals surface area contributed by atoms with Gasteiger partial charge in [0, 0.05) is 6.42 Å². The van der Waals surface area contributed by atoms with Gasteiger partial charge in [-0.3, -0.25) is 9.59 Å². The van der Waals surface area contributed by atoms with Crippen molar-refractivity contribution in [3.05, 3.63) is 122 Å². The van der Waals surface area contributed by atoms with Gasteiger partial charge in [-0.15, -0.1) is 0 Å². The van der Waals surface area contributed by atoms with Crippen molar-refractivity contribution in [3.63, 3.8) is 0 Å². The highest BCUT2D eigenvalue weighted by Gasteiger charge is 2.24. The standard InChI is InChI=1S/C60H99NO5/c1-4-7-10-13-16-19-22-25-28-29-32-35-38-41-44-47-50-53-60(65)66-56(51-48-45-42-39-36-33-30-26-23-20-17-14-11-8-5-2)54-59(64)61-57(55-62)58(63)52-49-46-43-40-37-34-31-27-24-21-18-15-12-9-6-3/h8,11,14,16-17,19-20,23,25-26,28,30,32-33,35-36,39,41-42,44,56-58,62-63H,4-7,9-10,12-13,15,18,21-22,24,27,29,31,34,37-38,40,43,45-55H2,1-3H3,(H,61,64)/b11-8-,17-14+,19-16-,23-20+,28-25-,30-26-,35-32-,36-33+,42-39+,44-41-. The van der Waals surface area contributed by atoms with E-state index < -0.39 is 18.2 Å². The van der Waals surface area contributed by atoms with Crippen LogP contribution in [0.3, 0.4) is 0 Å². The zero-order valence-corrected chi connectivity index (χ0v) is 42.5. The summed E-state index contributed by atoms with van der Waals surface area (Å²) in [6.45, 7) is 6.27. The molecule has 0 fully saturated rings. The maximum Gasteiger partial charge on any atom is 0.306 e. The number of allylic oxidation sites excluding steroid dienone is 20. The minimum absolute atomic E-state index is 0.00288. The smallest absolute Gasteiger partial charge is 0.306 e. The Bertz CT molecular complexity index is 1390. The van der Waals surface area contributed by atoms with Gasteiger partial charge in [-0.1, -0.05) is 251 Å². The number of hydrogen-bond donors (Lipinski definition) is 3. The number of aliphatic hydroxyl groups excluding tert-OH is 2. The van der Waals surface area contributed by atoms with Gasteiger partial charge in [0.1, 0.15) is 6.10 Å². The molecule has 0 heterocycles. The number of aliphatic hydroxyl groups is 2. The largest absolute Gasteiger partial charge is 0.462 e. The molecule has 3 atom stereocenters. The molecule has 0 aliphatic rings. The summed E-state index contributed by atoms with van der Waals surface area (Å²) < 4.78 is 5.87. The highest BCUT2D eigenvalue weighted by atomic mass is 16.5. The molecule has 1 amide bonds. The summed E-state index contributed by atoms with van der Waals surface area (Å²) in [4.78, 5) is 26.2. The number of hydrogen-bond acceptors (Lipinski definition) is 5. The van der Waals surface area contributed by atoms with Crippen molar-refractivity contribution in [2.24, 2.45) is 0 Å². The van der Waals surface area contributed by atoms with Gasteiger partial charge >= 0.3 is 5.97 Å². The summed E-state index contributed by atoms with van der Waals surface area (Å²) in [6.07, 6.45) is 72.6. The zero-order valence-electron chi connectivity index (χ0n) is 42.5. The van der Waals surface area contributed by atoms with E-state index in [2.05, 4.69) is 86.8 Å². The maximum atomic E-state index is 13.2. The SMILES string of the molecule is CC\C=C/C=C/C=C/C=C\C=C\C=C\CCCC(CC(=O)NC(CO)C(O)CCCCCCCCCCCCCCCCC)OC(=O)CCC/C=C\C/C=C\C/C=C\C/C=C\CCCCC. The Morgan fingerprint density at radius 2 is 0.894 bits per heavy atom. The summed E-state index contributed by atoms with van der Waals surface area (Å²) in [5.74, 6) is -0.626. The summed E-state index contributed by atoms with van der Waals surface area (Å²) >= 11 is 0. The number of ether oxygens (including phenoxy) is 1. The number of amides is 1. The highest BCUT2D eigenvalue weighted by Crippen LogP contribution is 2.16. The number of unbranched alkanes of at least 4 members (excludes halogenated alkanes) is 19. The summed E-state index contributed by atoms with van der Waals surface area (Å²) in [7, 11) is 0.